The quantitative estimate of drug-likeness (QED) is 0.842. The van der Waals surface area contributed by atoms with E-state index in [0.29, 0.717) is 16.7 Å². The van der Waals surface area contributed by atoms with Crippen LogP contribution >= 0.6 is 11.8 Å². The first kappa shape index (κ1) is 13.5. The van der Waals surface area contributed by atoms with Gasteiger partial charge in [0.05, 0.1) is 31.0 Å². The molecule has 0 aliphatic carbocycles. The van der Waals surface area contributed by atoms with Crippen molar-refractivity contribution in [2.24, 2.45) is 7.05 Å². The zero-order valence-corrected chi connectivity index (χ0v) is 11.7. The summed E-state index contributed by atoms with van der Waals surface area (Å²) in [6, 6.07) is 3.60. The Balaban J connectivity index is 2.47. The number of hydrogen-bond acceptors (Lipinski definition) is 5. The second-order valence-electron chi connectivity index (χ2n) is 3.83. The zero-order chi connectivity index (χ0) is 14.0. The van der Waals surface area contributed by atoms with Gasteiger partial charge >= 0.3 is 5.97 Å². The van der Waals surface area contributed by atoms with Crippen molar-refractivity contribution in [1.82, 2.24) is 9.55 Å². The van der Waals surface area contributed by atoms with Crippen LogP contribution in [0.1, 0.15) is 0 Å². The van der Waals surface area contributed by atoms with Gasteiger partial charge in [-0.15, -0.1) is 0 Å². The van der Waals surface area contributed by atoms with E-state index in [9.17, 15) is 4.79 Å². The lowest BCUT2D eigenvalue weighted by atomic mass is 10.2. The second kappa shape index (κ2) is 5.40. The van der Waals surface area contributed by atoms with E-state index in [-0.39, 0.29) is 5.75 Å². The molecule has 7 heteroatoms. The molecule has 0 aliphatic heterocycles. The predicted molar refractivity (Wildman–Crippen MR) is 72.2 cm³/mol. The molecule has 0 radical (unpaired) electrons. The van der Waals surface area contributed by atoms with E-state index in [1.165, 1.54) is 11.8 Å². The van der Waals surface area contributed by atoms with Crippen molar-refractivity contribution in [1.29, 1.82) is 0 Å². The number of methoxy groups -OCH3 is 2. The number of ether oxygens (including phenoxy) is 2. The van der Waals surface area contributed by atoms with Crippen LogP contribution in [0.15, 0.2) is 17.3 Å². The molecule has 1 heterocycles. The molecular formula is C12H14N2O4S. The minimum Gasteiger partial charge on any atom is -0.493 e. The van der Waals surface area contributed by atoms with Crippen LogP contribution < -0.4 is 9.47 Å². The van der Waals surface area contributed by atoms with Crippen molar-refractivity contribution in [2.45, 2.75) is 5.16 Å². The summed E-state index contributed by atoms with van der Waals surface area (Å²) >= 11 is 1.18. The van der Waals surface area contributed by atoms with E-state index in [4.69, 9.17) is 14.6 Å². The molecular weight excluding hydrogens is 268 g/mol. The lowest BCUT2D eigenvalue weighted by molar-refractivity contribution is -0.133. The highest BCUT2D eigenvalue weighted by Crippen LogP contribution is 2.33. The van der Waals surface area contributed by atoms with Gasteiger partial charge in [0.25, 0.3) is 0 Å². The topological polar surface area (TPSA) is 73.6 Å². The molecule has 0 unspecified atom stereocenters. The molecule has 0 bridgehead atoms. The first-order chi connectivity index (χ1) is 9.06. The number of aliphatic carboxylic acids is 1. The van der Waals surface area contributed by atoms with Crippen molar-refractivity contribution in [3.8, 4) is 11.5 Å². The fourth-order valence-electron chi connectivity index (χ4n) is 1.75. The van der Waals surface area contributed by atoms with Gasteiger partial charge in [0.2, 0.25) is 0 Å². The third-order valence-corrected chi connectivity index (χ3v) is 3.68. The molecule has 2 aromatic rings. The van der Waals surface area contributed by atoms with Gasteiger partial charge in [-0.25, -0.2) is 4.98 Å². The van der Waals surface area contributed by atoms with Crippen molar-refractivity contribution in [2.75, 3.05) is 20.0 Å². The maximum Gasteiger partial charge on any atom is 0.313 e. The van der Waals surface area contributed by atoms with Gasteiger partial charge in [0, 0.05) is 19.2 Å². The Morgan fingerprint density at radius 1 is 1.37 bits per heavy atom. The number of thioether (sulfide) groups is 1. The van der Waals surface area contributed by atoms with Gasteiger partial charge in [-0.2, -0.15) is 0 Å². The van der Waals surface area contributed by atoms with E-state index in [1.807, 2.05) is 17.7 Å². The smallest absolute Gasteiger partial charge is 0.313 e. The average Bonchev–Trinajstić information content (AvgIpc) is 2.71. The summed E-state index contributed by atoms with van der Waals surface area (Å²) < 4.78 is 12.3. The summed E-state index contributed by atoms with van der Waals surface area (Å²) in [5.74, 6) is 0.328. The van der Waals surface area contributed by atoms with Crippen LogP contribution in [0.5, 0.6) is 11.5 Å². The standard InChI is InChI=1S/C12H14N2O4S/c1-14-8-5-10(18-3)9(17-2)4-7(8)13-12(14)19-6-11(15)16/h4-5H,6H2,1-3H3,(H,15,16). The van der Waals surface area contributed by atoms with E-state index >= 15 is 0 Å². The molecule has 0 spiro atoms. The highest BCUT2D eigenvalue weighted by molar-refractivity contribution is 7.99. The second-order valence-corrected chi connectivity index (χ2v) is 4.77. The van der Waals surface area contributed by atoms with E-state index in [2.05, 4.69) is 4.98 Å². The van der Waals surface area contributed by atoms with E-state index in [1.54, 1.807) is 20.3 Å². The largest absolute Gasteiger partial charge is 0.493 e. The number of carboxylic acid groups (broad SMARTS) is 1. The number of rotatable bonds is 5. The highest BCUT2D eigenvalue weighted by Gasteiger charge is 2.14. The van der Waals surface area contributed by atoms with Gasteiger partial charge in [0.1, 0.15) is 0 Å². The number of imidazole rings is 1. The molecule has 1 aromatic carbocycles. The number of carboxylic acids is 1. The Morgan fingerprint density at radius 2 is 2.00 bits per heavy atom. The lowest BCUT2D eigenvalue weighted by Crippen LogP contribution is -2.00. The van der Waals surface area contributed by atoms with Crippen LogP contribution in [0.4, 0.5) is 0 Å². The van der Waals surface area contributed by atoms with Gasteiger partial charge in [-0.1, -0.05) is 11.8 Å². The summed E-state index contributed by atoms with van der Waals surface area (Å²) in [5.41, 5.74) is 1.61. The van der Waals surface area contributed by atoms with Gasteiger partial charge in [0.15, 0.2) is 16.7 Å². The zero-order valence-electron chi connectivity index (χ0n) is 10.8. The maximum absolute atomic E-state index is 10.6. The minimum atomic E-state index is -0.868. The van der Waals surface area contributed by atoms with Crippen molar-refractivity contribution >= 4 is 28.8 Å². The highest BCUT2D eigenvalue weighted by atomic mass is 32.2. The van der Waals surface area contributed by atoms with E-state index < -0.39 is 5.97 Å². The van der Waals surface area contributed by atoms with Crippen LogP contribution in [0, 0.1) is 0 Å². The number of benzene rings is 1. The molecule has 0 saturated carbocycles. The molecule has 0 aliphatic rings. The molecule has 0 amide bonds. The molecule has 0 fully saturated rings. The first-order valence-electron chi connectivity index (χ1n) is 5.50. The number of carbonyl (C=O) groups is 1. The molecule has 1 N–H and O–H groups in total. The summed E-state index contributed by atoms with van der Waals surface area (Å²) in [6.45, 7) is 0. The van der Waals surface area contributed by atoms with Crippen molar-refractivity contribution < 1.29 is 19.4 Å². The molecule has 102 valence electrons. The number of aryl methyl sites for hydroxylation is 1. The van der Waals surface area contributed by atoms with Crippen LogP contribution in [0.25, 0.3) is 11.0 Å². The van der Waals surface area contributed by atoms with Gasteiger partial charge in [-0.05, 0) is 0 Å². The van der Waals surface area contributed by atoms with Crippen LogP contribution in [0.2, 0.25) is 0 Å². The minimum absolute atomic E-state index is 0.0224. The fourth-order valence-corrected chi connectivity index (χ4v) is 2.46. The summed E-state index contributed by atoms with van der Waals surface area (Å²) in [6.07, 6.45) is 0. The van der Waals surface area contributed by atoms with Gasteiger partial charge < -0.3 is 19.1 Å². The Hall–Kier alpha value is -1.89. The van der Waals surface area contributed by atoms with Crippen molar-refractivity contribution in [3.63, 3.8) is 0 Å². The van der Waals surface area contributed by atoms with Crippen molar-refractivity contribution in [3.05, 3.63) is 12.1 Å². The van der Waals surface area contributed by atoms with Gasteiger partial charge in [-0.3, -0.25) is 4.79 Å². The lowest BCUT2D eigenvalue weighted by Gasteiger charge is -2.07. The third-order valence-electron chi connectivity index (χ3n) is 2.67. The molecule has 2 rings (SSSR count). The maximum atomic E-state index is 10.6. The Kier molecular flexibility index (Phi) is 3.84. The molecule has 19 heavy (non-hydrogen) atoms. The number of nitrogens with zero attached hydrogens (tertiary/aromatic N) is 2. The molecule has 0 saturated heterocycles. The molecule has 0 atom stereocenters. The monoisotopic (exact) mass is 282 g/mol. The SMILES string of the molecule is COc1cc2nc(SCC(=O)O)n(C)c2cc1OC. The number of aromatic nitrogens is 2. The summed E-state index contributed by atoms with van der Waals surface area (Å²) in [5, 5.41) is 9.35. The predicted octanol–water partition coefficient (Wildman–Crippen LogP) is 1.77. The van der Waals surface area contributed by atoms with E-state index in [0.717, 1.165) is 11.0 Å². The average molecular weight is 282 g/mol. The number of fused-ring (bicyclic) bond motifs is 1. The summed E-state index contributed by atoms with van der Waals surface area (Å²) in [4.78, 5) is 15.0. The molecule has 1 aromatic heterocycles. The first-order valence-corrected chi connectivity index (χ1v) is 6.48. The normalized spacial score (nSPS) is 10.7. The van der Waals surface area contributed by atoms with Crippen LogP contribution in [-0.4, -0.2) is 40.6 Å². The third kappa shape index (κ3) is 2.60. The molecule has 6 nitrogen and oxygen atoms in total. The Bertz CT molecular complexity index is 624. The van der Waals surface area contributed by atoms with Crippen LogP contribution in [-0.2, 0) is 11.8 Å². The number of hydrogen-bond donors (Lipinski definition) is 1. The fraction of sp³-hybridized carbons (Fsp3) is 0.333. The Morgan fingerprint density at radius 3 is 2.58 bits per heavy atom. The van der Waals surface area contributed by atoms with Crippen LogP contribution in [0.3, 0.4) is 0 Å². The Labute approximate surface area is 114 Å². The summed E-state index contributed by atoms with van der Waals surface area (Å²) in [7, 11) is 4.97.